The van der Waals surface area contributed by atoms with E-state index in [0.717, 1.165) is 12.1 Å². The van der Waals surface area contributed by atoms with Gasteiger partial charge in [-0.05, 0) is 43.3 Å². The summed E-state index contributed by atoms with van der Waals surface area (Å²) in [5.74, 6) is -0.0502. The van der Waals surface area contributed by atoms with E-state index in [-0.39, 0.29) is 11.4 Å². The van der Waals surface area contributed by atoms with Crippen LogP contribution in [0.5, 0.6) is 5.75 Å². The fourth-order valence-corrected chi connectivity index (χ4v) is 2.78. The van der Waals surface area contributed by atoms with Crippen LogP contribution in [0.1, 0.15) is 21.7 Å². The largest absolute Gasteiger partial charge is 0.497 e. The highest BCUT2D eigenvalue weighted by Gasteiger charge is 2.33. The number of amides is 1. The quantitative estimate of drug-likeness (QED) is 0.633. The lowest BCUT2D eigenvalue weighted by Gasteiger charge is -2.11. The molecule has 3 aromatic rings. The molecule has 0 fully saturated rings. The highest BCUT2D eigenvalue weighted by Crippen LogP contribution is 2.36. The maximum Gasteiger partial charge on any atom is 0.417 e. The van der Waals surface area contributed by atoms with Crippen LogP contribution < -0.4 is 10.1 Å². The van der Waals surface area contributed by atoms with Crippen LogP contribution in [0, 0.1) is 6.92 Å². The van der Waals surface area contributed by atoms with Gasteiger partial charge in [0.15, 0.2) is 5.76 Å². The molecule has 2 aromatic carbocycles. The molecule has 0 saturated carbocycles. The van der Waals surface area contributed by atoms with E-state index in [0.29, 0.717) is 22.3 Å². The Morgan fingerprint density at radius 1 is 1.19 bits per heavy atom. The SMILES string of the molecule is COc1ccc2oc(C(=O)Nc3ccc(Cl)c(C(F)(F)F)c3)c(C)c2c1. The maximum absolute atomic E-state index is 12.9. The number of alkyl halides is 3. The summed E-state index contributed by atoms with van der Waals surface area (Å²) in [5, 5.41) is 2.65. The predicted molar refractivity (Wildman–Crippen MR) is 91.9 cm³/mol. The molecule has 8 heteroatoms. The number of hydrogen-bond acceptors (Lipinski definition) is 3. The molecule has 0 saturated heterocycles. The number of nitrogens with one attached hydrogen (secondary N) is 1. The Balaban J connectivity index is 1.94. The molecule has 0 aliphatic rings. The first-order valence-corrected chi connectivity index (χ1v) is 7.83. The molecule has 0 unspecified atom stereocenters. The van der Waals surface area contributed by atoms with Crippen molar-refractivity contribution in [3.63, 3.8) is 0 Å². The van der Waals surface area contributed by atoms with E-state index in [4.69, 9.17) is 20.8 Å². The minimum Gasteiger partial charge on any atom is -0.497 e. The van der Waals surface area contributed by atoms with Gasteiger partial charge in [0.2, 0.25) is 0 Å². The summed E-state index contributed by atoms with van der Waals surface area (Å²) in [7, 11) is 1.52. The number of hydrogen-bond donors (Lipinski definition) is 1. The van der Waals surface area contributed by atoms with E-state index < -0.39 is 22.7 Å². The predicted octanol–water partition coefficient (Wildman–Crippen LogP) is 5.67. The Bertz CT molecular complexity index is 995. The minimum absolute atomic E-state index is 0.0109. The standard InChI is InChI=1S/C18H13ClF3NO3/c1-9-12-8-11(25-2)4-6-15(12)26-16(9)17(24)23-10-3-5-14(19)13(7-10)18(20,21)22/h3-8H,1-2H3,(H,23,24). The van der Waals surface area contributed by atoms with Gasteiger partial charge >= 0.3 is 6.18 Å². The third-order valence-corrected chi connectivity index (χ3v) is 4.21. The summed E-state index contributed by atoms with van der Waals surface area (Å²) >= 11 is 5.58. The van der Waals surface area contributed by atoms with Crippen molar-refractivity contribution in [2.24, 2.45) is 0 Å². The number of furan rings is 1. The van der Waals surface area contributed by atoms with Crippen molar-refractivity contribution in [2.75, 3.05) is 12.4 Å². The van der Waals surface area contributed by atoms with E-state index >= 15 is 0 Å². The number of halogens is 4. The topological polar surface area (TPSA) is 51.5 Å². The molecular formula is C18H13ClF3NO3. The van der Waals surface area contributed by atoms with E-state index in [1.54, 1.807) is 25.1 Å². The summed E-state index contributed by atoms with van der Waals surface area (Å²) in [4.78, 5) is 12.5. The van der Waals surface area contributed by atoms with Crippen molar-refractivity contribution in [1.82, 2.24) is 0 Å². The highest BCUT2D eigenvalue weighted by atomic mass is 35.5. The minimum atomic E-state index is -4.62. The smallest absolute Gasteiger partial charge is 0.417 e. The van der Waals surface area contributed by atoms with Crippen LogP contribution in [-0.2, 0) is 6.18 Å². The Hall–Kier alpha value is -2.67. The molecule has 136 valence electrons. The molecule has 4 nitrogen and oxygen atoms in total. The van der Waals surface area contributed by atoms with Crippen molar-refractivity contribution in [3.8, 4) is 5.75 Å². The van der Waals surface area contributed by atoms with Gasteiger partial charge < -0.3 is 14.5 Å². The van der Waals surface area contributed by atoms with Gasteiger partial charge in [-0.3, -0.25) is 4.79 Å². The summed E-state index contributed by atoms with van der Waals surface area (Å²) in [6, 6.07) is 8.20. The molecule has 1 N–H and O–H groups in total. The van der Waals surface area contributed by atoms with Gasteiger partial charge in [0.1, 0.15) is 11.3 Å². The normalized spacial score (nSPS) is 11.6. The Morgan fingerprint density at radius 2 is 1.92 bits per heavy atom. The Morgan fingerprint density at radius 3 is 2.58 bits per heavy atom. The van der Waals surface area contributed by atoms with Gasteiger partial charge in [-0.1, -0.05) is 11.6 Å². The fraction of sp³-hybridized carbons (Fsp3) is 0.167. The van der Waals surface area contributed by atoms with Gasteiger partial charge in [0, 0.05) is 16.6 Å². The van der Waals surface area contributed by atoms with Crippen LogP contribution in [0.15, 0.2) is 40.8 Å². The number of methoxy groups -OCH3 is 1. The fourth-order valence-electron chi connectivity index (χ4n) is 2.55. The van der Waals surface area contributed by atoms with Crippen LogP contribution in [0.4, 0.5) is 18.9 Å². The lowest BCUT2D eigenvalue weighted by atomic mass is 10.1. The second kappa shape index (κ2) is 6.57. The van der Waals surface area contributed by atoms with Crippen molar-refractivity contribution in [2.45, 2.75) is 13.1 Å². The van der Waals surface area contributed by atoms with Crippen LogP contribution in [0.25, 0.3) is 11.0 Å². The zero-order chi connectivity index (χ0) is 19.1. The molecule has 0 bridgehead atoms. The first-order chi connectivity index (χ1) is 12.2. The molecule has 3 rings (SSSR count). The number of fused-ring (bicyclic) bond motifs is 1. The van der Waals surface area contributed by atoms with E-state index in [9.17, 15) is 18.0 Å². The van der Waals surface area contributed by atoms with Gasteiger partial charge in [-0.2, -0.15) is 13.2 Å². The van der Waals surface area contributed by atoms with Gasteiger partial charge in [-0.25, -0.2) is 0 Å². The number of rotatable bonds is 3. The maximum atomic E-state index is 12.9. The zero-order valence-corrected chi connectivity index (χ0v) is 14.5. The Labute approximate surface area is 151 Å². The van der Waals surface area contributed by atoms with Gasteiger partial charge in [0.25, 0.3) is 5.91 Å². The monoisotopic (exact) mass is 383 g/mol. The summed E-state index contributed by atoms with van der Waals surface area (Å²) in [6.45, 7) is 1.68. The number of carbonyl (C=O) groups excluding carboxylic acids is 1. The molecule has 0 spiro atoms. The third kappa shape index (κ3) is 3.35. The molecule has 0 aliphatic heterocycles. The van der Waals surface area contributed by atoms with E-state index in [1.807, 2.05) is 0 Å². The summed E-state index contributed by atoms with van der Waals surface area (Å²) < 4.78 is 49.5. The van der Waals surface area contributed by atoms with Crippen LogP contribution in [0.2, 0.25) is 5.02 Å². The molecule has 26 heavy (non-hydrogen) atoms. The van der Waals surface area contributed by atoms with E-state index in [1.165, 1.54) is 13.2 Å². The lowest BCUT2D eigenvalue weighted by Crippen LogP contribution is -2.13. The Kier molecular flexibility index (Phi) is 4.58. The average Bonchev–Trinajstić information content (AvgIpc) is 2.92. The molecular weight excluding hydrogens is 371 g/mol. The highest BCUT2D eigenvalue weighted by molar-refractivity contribution is 6.31. The first-order valence-electron chi connectivity index (χ1n) is 7.46. The molecule has 0 atom stereocenters. The van der Waals surface area contributed by atoms with Gasteiger partial charge in [0.05, 0.1) is 17.7 Å². The second-order valence-corrected chi connectivity index (χ2v) is 5.97. The van der Waals surface area contributed by atoms with Crippen molar-refractivity contribution >= 4 is 34.2 Å². The number of benzene rings is 2. The van der Waals surface area contributed by atoms with Gasteiger partial charge in [-0.15, -0.1) is 0 Å². The van der Waals surface area contributed by atoms with Crippen LogP contribution >= 0.6 is 11.6 Å². The second-order valence-electron chi connectivity index (χ2n) is 5.56. The molecule has 1 heterocycles. The molecule has 1 amide bonds. The van der Waals surface area contributed by atoms with Crippen molar-refractivity contribution < 1.29 is 27.1 Å². The number of anilines is 1. The third-order valence-electron chi connectivity index (χ3n) is 3.88. The lowest BCUT2D eigenvalue weighted by molar-refractivity contribution is -0.137. The summed E-state index contributed by atoms with van der Waals surface area (Å²) in [5.41, 5.74) is -0.0332. The zero-order valence-electron chi connectivity index (χ0n) is 13.7. The van der Waals surface area contributed by atoms with Crippen molar-refractivity contribution in [3.05, 3.63) is 58.3 Å². The molecule has 0 aliphatic carbocycles. The number of carbonyl (C=O) groups is 1. The average molecular weight is 384 g/mol. The number of aryl methyl sites for hydroxylation is 1. The van der Waals surface area contributed by atoms with E-state index in [2.05, 4.69) is 5.32 Å². The van der Waals surface area contributed by atoms with Crippen LogP contribution in [0.3, 0.4) is 0 Å². The number of ether oxygens (including phenoxy) is 1. The first kappa shape index (κ1) is 18.1. The molecule has 1 aromatic heterocycles. The van der Waals surface area contributed by atoms with Crippen molar-refractivity contribution in [1.29, 1.82) is 0 Å². The molecule has 0 radical (unpaired) electrons. The van der Waals surface area contributed by atoms with Crippen LogP contribution in [-0.4, -0.2) is 13.0 Å². The summed E-state index contributed by atoms with van der Waals surface area (Å²) in [6.07, 6.45) is -4.62.